The molecule has 0 aliphatic heterocycles. The highest BCUT2D eigenvalue weighted by molar-refractivity contribution is 6.15. The third-order valence-corrected chi connectivity index (χ3v) is 6.75. The van der Waals surface area contributed by atoms with Gasteiger partial charge in [-0.1, -0.05) is 37.3 Å². The number of allylic oxidation sites excluding steroid dienone is 3. The Morgan fingerprint density at radius 3 is 2.64 bits per heavy atom. The van der Waals surface area contributed by atoms with Crippen molar-refractivity contribution in [2.24, 2.45) is 11.7 Å². The molecule has 6 heteroatoms. The number of carbonyl (C=O) groups excluding carboxylic acids is 1. The van der Waals surface area contributed by atoms with Crippen LogP contribution in [0.4, 0.5) is 4.39 Å². The van der Waals surface area contributed by atoms with E-state index >= 15 is 0 Å². The lowest BCUT2D eigenvalue weighted by molar-refractivity contribution is -0.133. The normalized spacial score (nSPS) is 16.0. The predicted octanol–water partition coefficient (Wildman–Crippen LogP) is 5.62. The van der Waals surface area contributed by atoms with Crippen LogP contribution in [0, 0.1) is 25.6 Å². The summed E-state index contributed by atoms with van der Waals surface area (Å²) in [4.78, 5) is 29.8. The van der Waals surface area contributed by atoms with Crippen LogP contribution in [0.3, 0.4) is 0 Å². The zero-order valence-corrected chi connectivity index (χ0v) is 20.6. The Labute approximate surface area is 209 Å². The molecule has 3 aromatic rings. The Morgan fingerprint density at radius 1 is 1.19 bits per heavy atom. The maximum atomic E-state index is 14.5. The van der Waals surface area contributed by atoms with Gasteiger partial charge in [0.1, 0.15) is 5.82 Å². The second-order valence-corrected chi connectivity index (χ2v) is 9.21. The van der Waals surface area contributed by atoms with Gasteiger partial charge >= 0.3 is 5.97 Å². The lowest BCUT2D eigenvalue weighted by atomic mass is 9.73. The van der Waals surface area contributed by atoms with E-state index in [1.807, 2.05) is 39.0 Å². The van der Waals surface area contributed by atoms with Gasteiger partial charge in [0.25, 0.3) is 0 Å². The lowest BCUT2D eigenvalue weighted by Gasteiger charge is -2.30. The summed E-state index contributed by atoms with van der Waals surface area (Å²) in [6.45, 7) is 5.92. The number of benzene rings is 2. The lowest BCUT2D eigenvalue weighted by Crippen LogP contribution is -2.27. The van der Waals surface area contributed by atoms with E-state index < -0.39 is 23.6 Å². The van der Waals surface area contributed by atoms with Crippen LogP contribution in [0.2, 0.25) is 0 Å². The molecule has 3 N–H and O–H groups in total. The number of nitrogens with two attached hydrogens (primary N) is 1. The molecule has 1 amide bonds. The number of carboxylic acid groups (broad SMARTS) is 1. The number of rotatable bonds is 7. The van der Waals surface area contributed by atoms with E-state index in [1.54, 1.807) is 30.5 Å². The van der Waals surface area contributed by atoms with E-state index in [0.717, 1.165) is 23.1 Å². The van der Waals surface area contributed by atoms with Gasteiger partial charge in [0.2, 0.25) is 5.91 Å². The summed E-state index contributed by atoms with van der Waals surface area (Å²) < 4.78 is 14.5. The number of carbonyl (C=O) groups is 2. The molecular weight excluding hydrogens is 455 g/mol. The molecule has 0 fully saturated rings. The van der Waals surface area contributed by atoms with Crippen LogP contribution >= 0.6 is 0 Å². The maximum Gasteiger partial charge on any atom is 0.332 e. The molecule has 0 bridgehead atoms. The Kier molecular flexibility index (Phi) is 7.15. The summed E-state index contributed by atoms with van der Waals surface area (Å²) >= 11 is 0. The fraction of sp³-hybridized carbons (Fsp3) is 0.233. The largest absolute Gasteiger partial charge is 0.478 e. The first-order valence-electron chi connectivity index (χ1n) is 12.0. The van der Waals surface area contributed by atoms with Crippen molar-refractivity contribution in [3.63, 3.8) is 0 Å². The first-order chi connectivity index (χ1) is 17.2. The number of nitrogens with zero attached hydrogens (tertiary/aromatic N) is 1. The quantitative estimate of drug-likeness (QED) is 0.336. The topological polar surface area (TPSA) is 93.3 Å². The molecule has 0 radical (unpaired) electrons. The van der Waals surface area contributed by atoms with Gasteiger partial charge in [0.15, 0.2) is 0 Å². The third-order valence-electron chi connectivity index (χ3n) is 6.75. The van der Waals surface area contributed by atoms with E-state index in [9.17, 15) is 19.1 Å². The number of hydrogen-bond acceptors (Lipinski definition) is 3. The fourth-order valence-corrected chi connectivity index (χ4v) is 4.98. The molecule has 1 atom stereocenters. The van der Waals surface area contributed by atoms with Crippen LogP contribution in [-0.4, -0.2) is 22.0 Å². The SMILES string of the molecule is CC/C=C\C=C(/C(N)=O)C1=C(C(=O)O)[C@@H](Cc2cc(F)cc3cccnc23)Cc2cc(C)c(C)cc21. The highest BCUT2D eigenvalue weighted by Gasteiger charge is 2.35. The summed E-state index contributed by atoms with van der Waals surface area (Å²) in [6.07, 6.45) is 8.26. The van der Waals surface area contributed by atoms with Crippen LogP contribution in [0.1, 0.15) is 41.2 Å². The average molecular weight is 485 g/mol. The standard InChI is InChI=1S/C30H29FN2O3/c1-4-5-6-9-24(29(32)34)27-25-12-18(3)17(2)11-20(25)13-21(26(27)30(35)36)14-22-16-23(31)15-19-8-7-10-33-28(19)22/h5-12,15-16,21H,4,13-14H2,1-3H3,(H2,32,34)(H,35,36)/b6-5-,24-9-/t21-/m1/s1. The van der Waals surface area contributed by atoms with Gasteiger partial charge in [-0.25, -0.2) is 9.18 Å². The predicted molar refractivity (Wildman–Crippen MR) is 140 cm³/mol. The second-order valence-electron chi connectivity index (χ2n) is 9.21. The summed E-state index contributed by atoms with van der Waals surface area (Å²) in [7, 11) is 0. The minimum absolute atomic E-state index is 0.106. The molecule has 0 saturated carbocycles. The Bertz CT molecular complexity index is 1470. The van der Waals surface area contributed by atoms with Crippen LogP contribution < -0.4 is 5.73 Å². The summed E-state index contributed by atoms with van der Waals surface area (Å²) in [5.41, 5.74) is 11.3. The molecule has 4 rings (SSSR count). The highest BCUT2D eigenvalue weighted by atomic mass is 19.1. The summed E-state index contributed by atoms with van der Waals surface area (Å²) in [5.74, 6) is -2.75. The Morgan fingerprint density at radius 2 is 1.94 bits per heavy atom. The fourth-order valence-electron chi connectivity index (χ4n) is 4.98. The van der Waals surface area contributed by atoms with Crippen LogP contribution in [0.15, 0.2) is 72.0 Å². The minimum atomic E-state index is -1.13. The van der Waals surface area contributed by atoms with Crippen molar-refractivity contribution in [1.29, 1.82) is 0 Å². The number of aryl methyl sites for hydroxylation is 2. The van der Waals surface area contributed by atoms with Crippen molar-refractivity contribution in [2.75, 3.05) is 0 Å². The molecule has 1 aliphatic carbocycles. The molecular formula is C30H29FN2O3. The van der Waals surface area contributed by atoms with Crippen molar-refractivity contribution in [3.05, 3.63) is 106 Å². The first-order valence-corrected chi connectivity index (χ1v) is 12.0. The molecule has 0 unspecified atom stereocenters. The molecule has 1 heterocycles. The van der Waals surface area contributed by atoms with E-state index in [2.05, 4.69) is 4.98 Å². The Hall–Kier alpha value is -4.06. The first kappa shape index (κ1) is 25.0. The van der Waals surface area contributed by atoms with Gasteiger partial charge in [0, 0.05) is 28.3 Å². The number of amides is 1. The number of halogens is 1. The molecule has 1 aromatic heterocycles. The zero-order valence-electron chi connectivity index (χ0n) is 20.6. The van der Waals surface area contributed by atoms with E-state index in [0.29, 0.717) is 34.0 Å². The van der Waals surface area contributed by atoms with Crippen molar-refractivity contribution in [2.45, 2.75) is 40.0 Å². The second kappa shape index (κ2) is 10.3. The van der Waals surface area contributed by atoms with Gasteiger partial charge in [0.05, 0.1) is 5.52 Å². The number of aliphatic carboxylic acids is 1. The van der Waals surface area contributed by atoms with Gasteiger partial charge in [-0.3, -0.25) is 9.78 Å². The van der Waals surface area contributed by atoms with Crippen molar-refractivity contribution in [1.82, 2.24) is 4.98 Å². The zero-order chi connectivity index (χ0) is 26.0. The summed E-state index contributed by atoms with van der Waals surface area (Å²) in [6, 6.07) is 10.3. The third kappa shape index (κ3) is 4.85. The molecule has 184 valence electrons. The van der Waals surface area contributed by atoms with Gasteiger partial charge in [-0.2, -0.15) is 0 Å². The molecule has 36 heavy (non-hydrogen) atoms. The van der Waals surface area contributed by atoms with Crippen LogP contribution in [0.5, 0.6) is 0 Å². The molecule has 2 aromatic carbocycles. The highest BCUT2D eigenvalue weighted by Crippen LogP contribution is 2.42. The monoisotopic (exact) mass is 484 g/mol. The van der Waals surface area contributed by atoms with Crippen molar-refractivity contribution < 1.29 is 19.1 Å². The number of aromatic nitrogens is 1. The maximum absolute atomic E-state index is 14.5. The molecule has 0 saturated heterocycles. The van der Waals surface area contributed by atoms with Crippen molar-refractivity contribution >= 4 is 28.4 Å². The minimum Gasteiger partial charge on any atom is -0.478 e. The molecule has 5 nitrogen and oxygen atoms in total. The smallest absolute Gasteiger partial charge is 0.332 e. The van der Waals surface area contributed by atoms with Crippen LogP contribution in [-0.2, 0) is 22.4 Å². The number of carboxylic acids is 1. The van der Waals surface area contributed by atoms with E-state index in [4.69, 9.17) is 5.73 Å². The van der Waals surface area contributed by atoms with Gasteiger partial charge in [-0.05, 0) is 91.1 Å². The van der Waals surface area contributed by atoms with Crippen molar-refractivity contribution in [3.8, 4) is 0 Å². The Balaban J connectivity index is 1.98. The van der Waals surface area contributed by atoms with E-state index in [1.165, 1.54) is 12.1 Å². The summed E-state index contributed by atoms with van der Waals surface area (Å²) in [5, 5.41) is 11.1. The van der Waals surface area contributed by atoms with E-state index in [-0.39, 0.29) is 17.6 Å². The number of primary amides is 1. The number of hydrogen-bond donors (Lipinski definition) is 2. The molecule has 0 spiro atoms. The average Bonchev–Trinajstić information content (AvgIpc) is 2.82. The van der Waals surface area contributed by atoms with Gasteiger partial charge in [-0.15, -0.1) is 0 Å². The van der Waals surface area contributed by atoms with Gasteiger partial charge < -0.3 is 10.8 Å². The number of pyridine rings is 1. The van der Waals surface area contributed by atoms with Crippen LogP contribution in [0.25, 0.3) is 16.5 Å². The molecule has 1 aliphatic rings. The number of fused-ring (bicyclic) bond motifs is 2.